The largest absolute Gasteiger partial charge is 0.460 e. The van der Waals surface area contributed by atoms with Crippen molar-refractivity contribution in [2.24, 2.45) is 0 Å². The summed E-state index contributed by atoms with van der Waals surface area (Å²) < 4.78 is 6.06. The molecule has 1 fully saturated rings. The fraction of sp³-hybridized carbons (Fsp3) is 0.476. The first-order valence-electron chi connectivity index (χ1n) is 10.5. The average molecular weight is 426 g/mol. The van der Waals surface area contributed by atoms with Crippen molar-refractivity contribution in [3.05, 3.63) is 36.0 Å². The minimum absolute atomic E-state index is 0.223. The normalized spacial score (nSPS) is 14.6. The van der Waals surface area contributed by atoms with Crippen LogP contribution in [0.15, 0.2) is 24.7 Å². The molecule has 0 unspecified atom stereocenters. The van der Waals surface area contributed by atoms with Gasteiger partial charge in [0.1, 0.15) is 6.10 Å². The van der Waals surface area contributed by atoms with Crippen molar-refractivity contribution >= 4 is 22.3 Å². The Morgan fingerprint density at radius 3 is 2.70 bits per heavy atom. The first-order valence-corrected chi connectivity index (χ1v) is 11.3. The molecular weight excluding hydrogens is 398 g/mol. The number of hydrogen-bond donors (Lipinski definition) is 2. The van der Waals surface area contributed by atoms with Gasteiger partial charge in [0, 0.05) is 18.4 Å². The maximum Gasteiger partial charge on any atom is 0.317 e. The summed E-state index contributed by atoms with van der Waals surface area (Å²) in [5.74, 6) is 0.663. The van der Waals surface area contributed by atoms with Crippen LogP contribution in [0, 0.1) is 6.92 Å². The van der Waals surface area contributed by atoms with Gasteiger partial charge < -0.3 is 15.4 Å². The quantitative estimate of drug-likeness (QED) is 0.552. The van der Waals surface area contributed by atoms with E-state index >= 15 is 0 Å². The van der Waals surface area contributed by atoms with Crippen LogP contribution in [0.5, 0.6) is 6.01 Å². The molecule has 0 aliphatic heterocycles. The van der Waals surface area contributed by atoms with Crippen LogP contribution in [0.4, 0.5) is 10.9 Å². The van der Waals surface area contributed by atoms with Crippen LogP contribution in [0.3, 0.4) is 0 Å². The van der Waals surface area contributed by atoms with Crippen LogP contribution in [0.2, 0.25) is 0 Å². The number of ether oxygens (including phenoxy) is 1. The lowest BCUT2D eigenvalue weighted by Crippen LogP contribution is -2.21. The lowest BCUT2D eigenvalue weighted by atomic mass is 9.98. The zero-order chi connectivity index (χ0) is 20.8. The van der Waals surface area contributed by atoms with Gasteiger partial charge in [-0.2, -0.15) is 4.98 Å². The molecule has 1 aliphatic rings. The minimum Gasteiger partial charge on any atom is -0.460 e. The number of anilines is 2. The first-order chi connectivity index (χ1) is 14.7. The summed E-state index contributed by atoms with van der Waals surface area (Å²) >= 11 is 1.51. The SMILES string of the molecule is CCNCc1cnc(Nc2ncc(-c3cc(C)nc(OC4CCCCC4)n3)s2)cn1. The molecule has 2 N–H and O–H groups in total. The second-order valence-corrected chi connectivity index (χ2v) is 8.41. The molecule has 0 saturated heterocycles. The fourth-order valence-electron chi connectivity index (χ4n) is 3.38. The highest BCUT2D eigenvalue weighted by molar-refractivity contribution is 7.18. The molecule has 0 radical (unpaired) electrons. The van der Waals surface area contributed by atoms with Gasteiger partial charge in [-0.05, 0) is 45.2 Å². The maximum absolute atomic E-state index is 6.06. The van der Waals surface area contributed by atoms with E-state index in [0.29, 0.717) is 18.4 Å². The van der Waals surface area contributed by atoms with Crippen LogP contribution >= 0.6 is 11.3 Å². The number of hydrogen-bond acceptors (Lipinski definition) is 9. The number of aromatic nitrogens is 5. The van der Waals surface area contributed by atoms with E-state index < -0.39 is 0 Å². The first kappa shape index (κ1) is 20.6. The van der Waals surface area contributed by atoms with Crippen molar-refractivity contribution in [2.45, 2.75) is 58.6 Å². The van der Waals surface area contributed by atoms with Crippen LogP contribution < -0.4 is 15.4 Å². The van der Waals surface area contributed by atoms with E-state index in [2.05, 4.69) is 42.5 Å². The molecule has 3 heterocycles. The van der Waals surface area contributed by atoms with Crippen molar-refractivity contribution in [3.8, 4) is 16.6 Å². The molecule has 1 saturated carbocycles. The molecule has 0 bridgehead atoms. The highest BCUT2D eigenvalue weighted by atomic mass is 32.1. The van der Waals surface area contributed by atoms with Crippen molar-refractivity contribution < 1.29 is 4.74 Å². The summed E-state index contributed by atoms with van der Waals surface area (Å²) in [5.41, 5.74) is 2.62. The molecule has 158 valence electrons. The molecule has 30 heavy (non-hydrogen) atoms. The molecule has 3 aromatic rings. The Labute approximate surface area is 180 Å². The van der Waals surface area contributed by atoms with Crippen molar-refractivity contribution in [1.82, 2.24) is 30.2 Å². The maximum atomic E-state index is 6.06. The van der Waals surface area contributed by atoms with E-state index in [1.165, 1.54) is 30.6 Å². The number of thiazole rings is 1. The predicted octanol–water partition coefficient (Wildman–Crippen LogP) is 4.26. The molecule has 4 rings (SSSR count). The van der Waals surface area contributed by atoms with E-state index in [0.717, 1.165) is 46.5 Å². The molecular formula is C21H27N7OS. The molecule has 8 nitrogen and oxygen atoms in total. The van der Waals surface area contributed by atoms with Gasteiger partial charge in [-0.25, -0.2) is 15.0 Å². The van der Waals surface area contributed by atoms with Gasteiger partial charge in [-0.3, -0.25) is 4.98 Å². The summed E-state index contributed by atoms with van der Waals surface area (Å²) in [6.45, 7) is 5.64. The van der Waals surface area contributed by atoms with Crippen molar-refractivity contribution in [3.63, 3.8) is 0 Å². The number of aryl methyl sites for hydroxylation is 1. The van der Waals surface area contributed by atoms with Gasteiger partial charge in [0.15, 0.2) is 10.9 Å². The average Bonchev–Trinajstić information content (AvgIpc) is 3.22. The van der Waals surface area contributed by atoms with Gasteiger partial charge >= 0.3 is 6.01 Å². The summed E-state index contributed by atoms with van der Waals surface area (Å²) in [6.07, 6.45) is 11.4. The predicted molar refractivity (Wildman–Crippen MR) is 118 cm³/mol. The van der Waals surface area contributed by atoms with E-state index in [1.807, 2.05) is 19.2 Å². The molecule has 9 heteroatoms. The number of nitrogens with one attached hydrogen (secondary N) is 2. The van der Waals surface area contributed by atoms with Crippen LogP contribution in [0.1, 0.15) is 50.4 Å². The van der Waals surface area contributed by atoms with E-state index in [9.17, 15) is 0 Å². The topological polar surface area (TPSA) is 97.7 Å². The number of rotatable bonds is 8. The highest BCUT2D eigenvalue weighted by Gasteiger charge is 2.17. The summed E-state index contributed by atoms with van der Waals surface area (Å²) in [4.78, 5) is 23.3. The van der Waals surface area contributed by atoms with Gasteiger partial charge in [-0.1, -0.05) is 24.7 Å². The van der Waals surface area contributed by atoms with Gasteiger partial charge in [0.05, 0.1) is 28.7 Å². The zero-order valence-corrected chi connectivity index (χ0v) is 18.2. The van der Waals surface area contributed by atoms with E-state index in [4.69, 9.17) is 4.74 Å². The molecule has 0 aromatic carbocycles. The highest BCUT2D eigenvalue weighted by Crippen LogP contribution is 2.31. The zero-order valence-electron chi connectivity index (χ0n) is 17.4. The molecule has 0 atom stereocenters. The monoisotopic (exact) mass is 425 g/mol. The third-order valence-corrected chi connectivity index (χ3v) is 5.85. The Hall–Kier alpha value is -2.65. The minimum atomic E-state index is 0.223. The molecule has 1 aliphatic carbocycles. The van der Waals surface area contributed by atoms with Gasteiger partial charge in [-0.15, -0.1) is 0 Å². The third kappa shape index (κ3) is 5.48. The third-order valence-electron chi connectivity index (χ3n) is 4.91. The van der Waals surface area contributed by atoms with E-state index in [-0.39, 0.29) is 6.10 Å². The Kier molecular flexibility index (Phi) is 6.81. The standard InChI is InChI=1S/C21H27N7OS/c1-3-22-10-15-11-24-19(13-23-15)28-21-25-12-18(30-21)17-9-14(2)26-20(27-17)29-16-7-5-4-6-8-16/h9,11-13,16,22H,3-8,10H2,1-2H3,(H,24,25,28). The molecule has 0 amide bonds. The lowest BCUT2D eigenvalue weighted by molar-refractivity contribution is 0.142. The van der Waals surface area contributed by atoms with Crippen LogP contribution in [0.25, 0.3) is 10.6 Å². The van der Waals surface area contributed by atoms with E-state index in [1.54, 1.807) is 12.4 Å². The molecule has 0 spiro atoms. The Balaban J connectivity index is 1.44. The summed E-state index contributed by atoms with van der Waals surface area (Å²) in [6, 6.07) is 2.42. The van der Waals surface area contributed by atoms with Crippen LogP contribution in [-0.4, -0.2) is 37.6 Å². The Morgan fingerprint density at radius 2 is 1.93 bits per heavy atom. The van der Waals surface area contributed by atoms with Crippen molar-refractivity contribution in [1.29, 1.82) is 0 Å². The van der Waals surface area contributed by atoms with Crippen molar-refractivity contribution in [2.75, 3.05) is 11.9 Å². The Bertz CT molecular complexity index is 954. The summed E-state index contributed by atoms with van der Waals surface area (Å²) in [5, 5.41) is 7.19. The van der Waals surface area contributed by atoms with Gasteiger partial charge in [0.25, 0.3) is 0 Å². The number of nitrogens with zero attached hydrogens (tertiary/aromatic N) is 5. The Morgan fingerprint density at radius 1 is 1.07 bits per heavy atom. The second kappa shape index (κ2) is 9.90. The summed E-state index contributed by atoms with van der Waals surface area (Å²) in [7, 11) is 0. The smallest absolute Gasteiger partial charge is 0.317 e. The van der Waals surface area contributed by atoms with Crippen LogP contribution in [-0.2, 0) is 6.54 Å². The molecule has 3 aromatic heterocycles. The fourth-order valence-corrected chi connectivity index (χ4v) is 4.16. The lowest BCUT2D eigenvalue weighted by Gasteiger charge is -2.21. The van der Waals surface area contributed by atoms with Gasteiger partial charge in [0.2, 0.25) is 0 Å². The second-order valence-electron chi connectivity index (χ2n) is 7.38.